The molecule has 0 unspecified atom stereocenters. The summed E-state index contributed by atoms with van der Waals surface area (Å²) in [6, 6.07) is 6.39. The fraction of sp³-hybridized carbons (Fsp3) is 0.450. The summed E-state index contributed by atoms with van der Waals surface area (Å²) in [6.45, 7) is 0. The van der Waals surface area contributed by atoms with Crippen LogP contribution >= 0.6 is 0 Å². The van der Waals surface area contributed by atoms with Gasteiger partial charge in [0, 0.05) is 23.8 Å². The number of aliphatic carboxylic acids is 2. The molecule has 0 radical (unpaired) electrons. The van der Waals surface area contributed by atoms with Crippen molar-refractivity contribution < 1.29 is 28.6 Å². The highest BCUT2D eigenvalue weighted by Crippen LogP contribution is 2.51. The van der Waals surface area contributed by atoms with E-state index >= 15 is 0 Å². The van der Waals surface area contributed by atoms with E-state index in [1.165, 1.54) is 12.1 Å². The third-order valence-corrected chi connectivity index (χ3v) is 12.9. The number of aromatic nitrogens is 10. The maximum Gasteiger partial charge on any atom is 0.307 e. The normalized spacial score (nSPS) is 26.6. The van der Waals surface area contributed by atoms with Crippen molar-refractivity contribution in [3.8, 4) is 23.0 Å². The maximum atomic E-state index is 13.6. The van der Waals surface area contributed by atoms with Gasteiger partial charge < -0.3 is 10.2 Å². The lowest BCUT2D eigenvalue weighted by Gasteiger charge is -2.46. The van der Waals surface area contributed by atoms with Crippen LogP contribution < -0.4 is 0 Å². The Labute approximate surface area is 319 Å². The van der Waals surface area contributed by atoms with Crippen LogP contribution in [0.2, 0.25) is 0 Å². The predicted molar refractivity (Wildman–Crippen MR) is 197 cm³/mol. The molecular formula is C40H40F2N10O4. The minimum atomic E-state index is -0.685. The highest BCUT2D eigenvalue weighted by atomic mass is 19.1. The summed E-state index contributed by atoms with van der Waals surface area (Å²) < 4.78 is 27.2. The number of pyridine rings is 2. The topological polar surface area (TPSA) is 209 Å². The van der Waals surface area contributed by atoms with Gasteiger partial charge in [0.25, 0.3) is 0 Å². The number of fused-ring (bicyclic) bond motifs is 8. The lowest BCUT2D eigenvalue weighted by Crippen LogP contribution is -2.45. The van der Waals surface area contributed by atoms with Gasteiger partial charge in [-0.15, -0.1) is 0 Å². The summed E-state index contributed by atoms with van der Waals surface area (Å²) in [5.41, 5.74) is 3.45. The van der Waals surface area contributed by atoms with Crippen LogP contribution in [0, 0.1) is 59.0 Å². The lowest BCUT2D eigenvalue weighted by atomic mass is 9.57. The van der Waals surface area contributed by atoms with E-state index < -0.39 is 23.6 Å². The molecule has 4 N–H and O–H groups in total. The molecule has 0 amide bonds. The minimum Gasteiger partial charge on any atom is -0.481 e. The van der Waals surface area contributed by atoms with Crippen LogP contribution in [0.3, 0.4) is 0 Å². The lowest BCUT2D eigenvalue weighted by molar-refractivity contribution is -0.153. The average molecular weight is 763 g/mol. The number of hydrogen-bond donors (Lipinski definition) is 4. The molecule has 16 heteroatoms. The van der Waals surface area contributed by atoms with Gasteiger partial charge in [-0.2, -0.15) is 10.2 Å². The number of halogens is 2. The molecule has 6 aliphatic carbocycles. The van der Waals surface area contributed by atoms with Gasteiger partial charge in [-0.1, -0.05) is 0 Å². The molecule has 0 aromatic carbocycles. The Bertz CT molecular complexity index is 2260. The van der Waals surface area contributed by atoms with Crippen LogP contribution in [-0.4, -0.2) is 72.5 Å². The van der Waals surface area contributed by atoms with Crippen LogP contribution in [-0.2, 0) is 22.4 Å². The second-order valence-electron chi connectivity index (χ2n) is 15.8. The summed E-state index contributed by atoms with van der Waals surface area (Å²) in [5, 5.41) is 34.5. The van der Waals surface area contributed by atoms with Crippen molar-refractivity contribution in [1.29, 1.82) is 0 Å². The van der Waals surface area contributed by atoms with Gasteiger partial charge in [0.05, 0.1) is 35.0 Å². The van der Waals surface area contributed by atoms with Crippen molar-refractivity contribution >= 4 is 34.0 Å². The first kappa shape index (κ1) is 35.9. The van der Waals surface area contributed by atoms with Gasteiger partial charge in [0.15, 0.2) is 22.9 Å². The van der Waals surface area contributed by atoms with Crippen LogP contribution in [0.15, 0.2) is 49.1 Å². The van der Waals surface area contributed by atoms with Crippen LogP contribution in [0.4, 0.5) is 8.78 Å². The number of carboxylic acid groups (broad SMARTS) is 2. The van der Waals surface area contributed by atoms with E-state index in [4.69, 9.17) is 0 Å². The number of carbonyl (C=O) groups is 2. The van der Waals surface area contributed by atoms with Gasteiger partial charge in [-0.05, 0) is 124 Å². The van der Waals surface area contributed by atoms with E-state index in [-0.39, 0.29) is 35.5 Å². The molecule has 0 saturated heterocycles. The van der Waals surface area contributed by atoms with Crippen LogP contribution in [0.1, 0.15) is 62.8 Å². The molecule has 6 heterocycles. The van der Waals surface area contributed by atoms with Crippen LogP contribution in [0.5, 0.6) is 0 Å². The second-order valence-corrected chi connectivity index (χ2v) is 15.8. The molecule has 288 valence electrons. The largest absolute Gasteiger partial charge is 0.481 e. The number of nitrogens with zero attached hydrogens (tertiary/aromatic N) is 8. The second kappa shape index (κ2) is 14.7. The van der Waals surface area contributed by atoms with Crippen molar-refractivity contribution in [3.05, 3.63) is 72.1 Å². The molecule has 12 rings (SSSR count). The molecule has 4 atom stereocenters. The van der Waals surface area contributed by atoms with Crippen molar-refractivity contribution in [1.82, 2.24) is 50.3 Å². The van der Waals surface area contributed by atoms with Crippen LogP contribution in [0.25, 0.3) is 45.1 Å². The molecule has 4 bridgehead atoms. The molecule has 6 fully saturated rings. The standard InChI is InChI=1S/2C20H20FN5O2/c2*21-12-7-15-17(25-26-18(15)23-9-12)19-22-6-5-13(24-19)8-14-10-1-3-11(4-2-10)16(14)20(27)28/h2*5-7,9-11,14,16H,1-4,8H2,(H,27,28)(H,23,25,26)/t2*10?,11?,14-,16-/m10/s1. The van der Waals surface area contributed by atoms with Crippen molar-refractivity contribution in [2.45, 2.75) is 64.2 Å². The number of carboxylic acids is 2. The number of nitrogens with one attached hydrogen (secondary N) is 2. The van der Waals surface area contributed by atoms with Gasteiger partial charge in [-0.25, -0.2) is 38.7 Å². The zero-order chi connectivity index (χ0) is 38.5. The van der Waals surface area contributed by atoms with E-state index in [1.54, 1.807) is 12.4 Å². The number of hydrogen-bond acceptors (Lipinski definition) is 10. The summed E-state index contributed by atoms with van der Waals surface area (Å²) in [6.07, 6.45) is 15.3. The molecule has 6 aromatic heterocycles. The molecule has 0 spiro atoms. The third kappa shape index (κ3) is 6.74. The first-order chi connectivity index (χ1) is 27.2. The van der Waals surface area contributed by atoms with E-state index in [9.17, 15) is 28.6 Å². The predicted octanol–water partition coefficient (Wildman–Crippen LogP) is 6.47. The smallest absolute Gasteiger partial charge is 0.307 e. The molecule has 6 aromatic rings. The van der Waals surface area contributed by atoms with Gasteiger partial charge in [-0.3, -0.25) is 19.8 Å². The van der Waals surface area contributed by atoms with Crippen molar-refractivity contribution in [2.24, 2.45) is 47.3 Å². The maximum absolute atomic E-state index is 13.6. The Kier molecular flexibility index (Phi) is 9.41. The zero-order valence-electron chi connectivity index (χ0n) is 30.4. The summed E-state index contributed by atoms with van der Waals surface area (Å²) in [4.78, 5) is 49.6. The Morgan fingerprint density at radius 1 is 0.607 bits per heavy atom. The van der Waals surface area contributed by atoms with Crippen molar-refractivity contribution in [2.75, 3.05) is 0 Å². The fourth-order valence-corrected chi connectivity index (χ4v) is 10.3. The minimum absolute atomic E-state index is 0.102. The summed E-state index contributed by atoms with van der Waals surface area (Å²) >= 11 is 0. The zero-order valence-corrected chi connectivity index (χ0v) is 30.4. The number of H-pyrrole nitrogens is 2. The van der Waals surface area contributed by atoms with Gasteiger partial charge in [0.2, 0.25) is 0 Å². The quantitative estimate of drug-likeness (QED) is 0.132. The highest BCUT2D eigenvalue weighted by Gasteiger charge is 2.48. The first-order valence-electron chi connectivity index (χ1n) is 19.3. The molecule has 0 aliphatic heterocycles. The summed E-state index contributed by atoms with van der Waals surface area (Å²) in [7, 11) is 0. The Hall–Kier alpha value is -5.80. The average Bonchev–Trinajstić information content (AvgIpc) is 3.83. The Balaban J connectivity index is 0.000000146. The van der Waals surface area contributed by atoms with Crippen molar-refractivity contribution in [3.63, 3.8) is 0 Å². The van der Waals surface area contributed by atoms with E-state index in [0.717, 1.165) is 75.1 Å². The van der Waals surface area contributed by atoms with Gasteiger partial charge >= 0.3 is 11.9 Å². The Morgan fingerprint density at radius 2 is 1.00 bits per heavy atom. The molecule has 56 heavy (non-hydrogen) atoms. The van der Waals surface area contributed by atoms with E-state index in [0.29, 0.717) is 69.8 Å². The fourth-order valence-electron chi connectivity index (χ4n) is 10.3. The molecular weight excluding hydrogens is 723 g/mol. The van der Waals surface area contributed by atoms with Gasteiger partial charge in [0.1, 0.15) is 23.0 Å². The van der Waals surface area contributed by atoms with E-state index in [2.05, 4.69) is 50.3 Å². The first-order valence-corrected chi connectivity index (χ1v) is 19.3. The number of aromatic amines is 2. The monoisotopic (exact) mass is 762 g/mol. The molecule has 14 nitrogen and oxygen atoms in total. The Morgan fingerprint density at radius 3 is 1.39 bits per heavy atom. The summed E-state index contributed by atoms with van der Waals surface area (Å²) in [5.74, 6) is -0.386. The SMILES string of the molecule is O=C(O)[C@@H]1C2CCC(CC2)[C@H]1Cc1ccnc(-c2[nH]nc3ncc(F)cc23)n1.O=C(O)[C@H]1C2CCC(CC2)[C@@H]1Cc1ccnc(-c2[nH]nc3ncc(F)cc23)n1. The molecule has 6 saturated carbocycles. The molecule has 6 aliphatic rings. The number of rotatable bonds is 8. The highest BCUT2D eigenvalue weighted by molar-refractivity contribution is 5.89. The third-order valence-electron chi connectivity index (χ3n) is 12.9. The van der Waals surface area contributed by atoms with E-state index in [1.807, 2.05) is 12.1 Å².